The van der Waals surface area contributed by atoms with Crippen molar-refractivity contribution in [3.63, 3.8) is 0 Å². The summed E-state index contributed by atoms with van der Waals surface area (Å²) in [6.45, 7) is 3.74. The van der Waals surface area contributed by atoms with Gasteiger partial charge >= 0.3 is 0 Å². The quantitative estimate of drug-likeness (QED) is 0.617. The average Bonchev–Trinajstić information content (AvgIpc) is 3.10. The molecule has 0 N–H and O–H groups in total. The van der Waals surface area contributed by atoms with Crippen molar-refractivity contribution in [1.29, 1.82) is 5.26 Å². The summed E-state index contributed by atoms with van der Waals surface area (Å²) < 4.78 is 4.90. The molecular formula is C12H15ClN4O2. The maximum atomic E-state index is 8.58. The lowest BCUT2D eigenvalue weighted by Crippen LogP contribution is -2.24. The van der Waals surface area contributed by atoms with Crippen LogP contribution in [0.3, 0.4) is 0 Å². The van der Waals surface area contributed by atoms with Crippen molar-refractivity contribution in [2.45, 2.75) is 13.0 Å². The standard InChI is InChI=1S/C12H14N4O2.ClH/c13-4-11-3-12(18-15-11)8-17-14-5-10-7-16-2-1-9(10)6-16;/h3,5,9-10H,1-2,6-8H2;1H/b14-5+;. The molecule has 1 aromatic heterocycles. The molecule has 0 spiro atoms. The Morgan fingerprint density at radius 1 is 1.63 bits per heavy atom. The molecule has 0 radical (unpaired) electrons. The molecule has 3 unspecified atom stereocenters. The van der Waals surface area contributed by atoms with Gasteiger partial charge in [-0.1, -0.05) is 10.3 Å². The molecular weight excluding hydrogens is 268 g/mol. The molecule has 3 heterocycles. The largest absolute Gasteiger partial charge is 0.388 e. The fraction of sp³-hybridized carbons (Fsp3) is 0.583. The molecule has 2 aliphatic heterocycles. The number of halogens is 1. The van der Waals surface area contributed by atoms with Crippen LogP contribution in [0.5, 0.6) is 0 Å². The Morgan fingerprint density at radius 3 is 3.16 bits per heavy atom. The lowest BCUT2D eigenvalue weighted by Gasteiger charge is -2.17. The summed E-state index contributed by atoms with van der Waals surface area (Å²) in [5, 5.41) is 16.1. The fourth-order valence-electron chi connectivity index (χ4n) is 2.65. The van der Waals surface area contributed by atoms with E-state index in [1.54, 1.807) is 6.07 Å². The molecule has 0 aromatic carbocycles. The minimum Gasteiger partial charge on any atom is -0.388 e. The van der Waals surface area contributed by atoms with Crippen LogP contribution in [0.2, 0.25) is 0 Å². The van der Waals surface area contributed by atoms with Crippen LogP contribution >= 0.6 is 12.4 Å². The number of piperidine rings is 1. The summed E-state index contributed by atoms with van der Waals surface area (Å²) in [6, 6.07) is 3.45. The fourth-order valence-corrected chi connectivity index (χ4v) is 2.65. The summed E-state index contributed by atoms with van der Waals surface area (Å²) in [5.74, 6) is 1.77. The highest BCUT2D eigenvalue weighted by molar-refractivity contribution is 5.85. The number of nitrogens with zero attached hydrogens (tertiary/aromatic N) is 4. The molecule has 3 rings (SSSR count). The summed E-state index contributed by atoms with van der Waals surface area (Å²) >= 11 is 0. The van der Waals surface area contributed by atoms with E-state index in [1.165, 1.54) is 19.5 Å². The Balaban J connectivity index is 0.00000133. The second-order valence-corrected chi connectivity index (χ2v) is 4.79. The van der Waals surface area contributed by atoms with E-state index in [0.717, 1.165) is 12.5 Å². The van der Waals surface area contributed by atoms with Crippen LogP contribution in [-0.2, 0) is 11.4 Å². The van der Waals surface area contributed by atoms with Crippen LogP contribution in [0.1, 0.15) is 17.9 Å². The zero-order valence-electron chi connectivity index (χ0n) is 10.4. The predicted octanol–water partition coefficient (Wildman–Crippen LogP) is 1.42. The molecule has 19 heavy (non-hydrogen) atoms. The maximum absolute atomic E-state index is 8.58. The molecule has 2 fully saturated rings. The van der Waals surface area contributed by atoms with Crippen LogP contribution < -0.4 is 0 Å². The second-order valence-electron chi connectivity index (χ2n) is 4.79. The van der Waals surface area contributed by atoms with Gasteiger partial charge in [-0.3, -0.25) is 0 Å². The van der Waals surface area contributed by atoms with Crippen LogP contribution in [0, 0.1) is 23.2 Å². The minimum atomic E-state index is 0. The first-order chi connectivity index (χ1) is 8.85. The van der Waals surface area contributed by atoms with E-state index in [-0.39, 0.29) is 24.7 Å². The van der Waals surface area contributed by atoms with Crippen LogP contribution in [0.4, 0.5) is 0 Å². The number of fused-ring (bicyclic) bond motifs is 2. The van der Waals surface area contributed by atoms with Gasteiger partial charge in [0.15, 0.2) is 18.1 Å². The Kier molecular flexibility index (Phi) is 4.40. The average molecular weight is 283 g/mol. The Bertz CT molecular complexity index is 496. The Hall–Kier alpha value is -1.58. The van der Waals surface area contributed by atoms with Gasteiger partial charge < -0.3 is 14.3 Å². The van der Waals surface area contributed by atoms with Crippen molar-refractivity contribution in [2.75, 3.05) is 19.6 Å². The SMILES string of the molecule is Cl.N#Cc1cc(CO/N=C/C2CN3CCC2C3)on1. The van der Waals surface area contributed by atoms with Gasteiger partial charge in [-0.25, -0.2) is 0 Å². The molecule has 2 aliphatic rings. The van der Waals surface area contributed by atoms with Gasteiger partial charge in [-0.05, 0) is 18.9 Å². The molecule has 2 bridgehead atoms. The van der Waals surface area contributed by atoms with Gasteiger partial charge in [-0.2, -0.15) is 5.26 Å². The van der Waals surface area contributed by atoms with Gasteiger partial charge in [0.25, 0.3) is 0 Å². The lowest BCUT2D eigenvalue weighted by atomic mass is 9.94. The Morgan fingerprint density at radius 2 is 2.53 bits per heavy atom. The predicted molar refractivity (Wildman–Crippen MR) is 69.8 cm³/mol. The zero-order valence-corrected chi connectivity index (χ0v) is 11.2. The van der Waals surface area contributed by atoms with E-state index in [0.29, 0.717) is 11.7 Å². The number of nitriles is 1. The van der Waals surface area contributed by atoms with E-state index in [1.807, 2.05) is 12.3 Å². The topological polar surface area (TPSA) is 74.7 Å². The smallest absolute Gasteiger partial charge is 0.183 e. The minimum absolute atomic E-state index is 0. The van der Waals surface area contributed by atoms with Gasteiger partial charge in [0.1, 0.15) is 6.07 Å². The van der Waals surface area contributed by atoms with Gasteiger partial charge in [0, 0.05) is 31.3 Å². The zero-order chi connectivity index (χ0) is 12.4. The van der Waals surface area contributed by atoms with E-state index >= 15 is 0 Å². The van der Waals surface area contributed by atoms with E-state index in [2.05, 4.69) is 15.2 Å². The van der Waals surface area contributed by atoms with Crippen LogP contribution in [-0.4, -0.2) is 35.9 Å². The molecule has 7 heteroatoms. The molecule has 1 aromatic rings. The highest BCUT2D eigenvalue weighted by atomic mass is 35.5. The molecule has 0 aliphatic carbocycles. The van der Waals surface area contributed by atoms with Crippen LogP contribution in [0.15, 0.2) is 15.7 Å². The third kappa shape index (κ3) is 3.06. The van der Waals surface area contributed by atoms with Crippen molar-refractivity contribution in [1.82, 2.24) is 10.1 Å². The van der Waals surface area contributed by atoms with Gasteiger partial charge in [0.2, 0.25) is 0 Å². The van der Waals surface area contributed by atoms with Crippen molar-refractivity contribution in [3.8, 4) is 6.07 Å². The molecule has 0 saturated carbocycles. The molecule has 2 saturated heterocycles. The lowest BCUT2D eigenvalue weighted by molar-refractivity contribution is 0.108. The summed E-state index contributed by atoms with van der Waals surface area (Å²) in [4.78, 5) is 7.61. The van der Waals surface area contributed by atoms with Gasteiger partial charge in [-0.15, -0.1) is 12.4 Å². The van der Waals surface area contributed by atoms with Crippen molar-refractivity contribution in [2.24, 2.45) is 17.0 Å². The number of aromatic nitrogens is 1. The van der Waals surface area contributed by atoms with E-state index in [9.17, 15) is 0 Å². The second kappa shape index (κ2) is 6.04. The highest BCUT2D eigenvalue weighted by Gasteiger charge is 2.36. The number of hydrogen-bond donors (Lipinski definition) is 0. The maximum Gasteiger partial charge on any atom is 0.183 e. The first-order valence-electron chi connectivity index (χ1n) is 6.08. The summed E-state index contributed by atoms with van der Waals surface area (Å²) in [5.41, 5.74) is 0.262. The number of oxime groups is 1. The number of hydrogen-bond acceptors (Lipinski definition) is 6. The van der Waals surface area contributed by atoms with Crippen molar-refractivity contribution in [3.05, 3.63) is 17.5 Å². The third-order valence-electron chi connectivity index (χ3n) is 3.59. The normalized spacial score (nSPS) is 28.3. The summed E-state index contributed by atoms with van der Waals surface area (Å²) in [7, 11) is 0. The Labute approximate surface area is 117 Å². The van der Waals surface area contributed by atoms with Gasteiger partial charge in [0.05, 0.1) is 0 Å². The monoisotopic (exact) mass is 282 g/mol. The summed E-state index contributed by atoms with van der Waals surface area (Å²) in [6.07, 6.45) is 3.16. The molecule has 102 valence electrons. The molecule has 0 amide bonds. The highest BCUT2D eigenvalue weighted by Crippen LogP contribution is 2.31. The first kappa shape index (κ1) is 13.8. The van der Waals surface area contributed by atoms with Crippen molar-refractivity contribution < 1.29 is 9.36 Å². The molecule has 3 atom stereocenters. The van der Waals surface area contributed by atoms with E-state index in [4.69, 9.17) is 14.6 Å². The van der Waals surface area contributed by atoms with Crippen molar-refractivity contribution >= 4 is 18.6 Å². The number of rotatable bonds is 4. The van der Waals surface area contributed by atoms with E-state index < -0.39 is 0 Å². The molecule has 6 nitrogen and oxygen atoms in total. The van der Waals surface area contributed by atoms with Crippen LogP contribution in [0.25, 0.3) is 0 Å². The first-order valence-corrected chi connectivity index (χ1v) is 6.08. The third-order valence-corrected chi connectivity index (χ3v) is 3.59.